The number of aromatic nitrogens is 1. The van der Waals surface area contributed by atoms with Gasteiger partial charge in [-0.05, 0) is 43.3 Å². The van der Waals surface area contributed by atoms with Gasteiger partial charge in [-0.25, -0.2) is 4.98 Å². The van der Waals surface area contributed by atoms with E-state index >= 15 is 0 Å². The van der Waals surface area contributed by atoms with Crippen LogP contribution in [0.25, 0.3) is 10.2 Å². The Morgan fingerprint density at radius 2 is 1.97 bits per heavy atom. The highest BCUT2D eigenvalue weighted by molar-refractivity contribution is 8.00. The minimum atomic E-state index is -1.02. The van der Waals surface area contributed by atoms with E-state index < -0.39 is 11.2 Å². The number of benzene rings is 2. The molecule has 0 aliphatic rings. The maximum Gasteiger partial charge on any atom is 0.303 e. The van der Waals surface area contributed by atoms with Crippen LogP contribution in [0, 0.1) is 0 Å². The van der Waals surface area contributed by atoms with Gasteiger partial charge in [0, 0.05) is 17.0 Å². The zero-order valence-electron chi connectivity index (χ0n) is 16.9. The van der Waals surface area contributed by atoms with Crippen LogP contribution in [0.3, 0.4) is 0 Å². The molecular formula is C21H21N3O5S2. The summed E-state index contributed by atoms with van der Waals surface area (Å²) in [5, 5.41) is 14.3. The molecule has 0 spiro atoms. The summed E-state index contributed by atoms with van der Waals surface area (Å²) in [6, 6.07) is 12.6. The number of amides is 2. The Balaban J connectivity index is 1.59. The van der Waals surface area contributed by atoms with Crippen molar-refractivity contribution >= 4 is 61.9 Å². The number of nitrogens with zero attached hydrogens (tertiary/aromatic N) is 1. The number of thioether (sulfide) groups is 1. The quantitative estimate of drug-likeness (QED) is 0.410. The fourth-order valence-electron chi connectivity index (χ4n) is 2.64. The fraction of sp³-hybridized carbons (Fsp3) is 0.238. The number of methoxy groups -OCH3 is 1. The highest BCUT2D eigenvalue weighted by Gasteiger charge is 2.17. The highest BCUT2D eigenvalue weighted by atomic mass is 32.2. The number of carboxylic acids is 1. The SMILES string of the molecule is COc1ccc2nc(NC(=O)C(C)Sc3cccc(NC(=O)CCC(=O)O)c3)sc2c1. The summed E-state index contributed by atoms with van der Waals surface area (Å²) in [6.45, 7) is 1.79. The molecule has 3 aromatic rings. The summed E-state index contributed by atoms with van der Waals surface area (Å²) in [5.74, 6) is -0.853. The van der Waals surface area contributed by atoms with Gasteiger partial charge in [-0.15, -0.1) is 11.8 Å². The number of carbonyl (C=O) groups excluding carboxylic acids is 2. The smallest absolute Gasteiger partial charge is 0.303 e. The predicted molar refractivity (Wildman–Crippen MR) is 122 cm³/mol. The van der Waals surface area contributed by atoms with E-state index in [1.54, 1.807) is 32.2 Å². The van der Waals surface area contributed by atoms with Crippen molar-refractivity contribution in [1.29, 1.82) is 0 Å². The van der Waals surface area contributed by atoms with E-state index in [9.17, 15) is 14.4 Å². The maximum absolute atomic E-state index is 12.6. The summed E-state index contributed by atoms with van der Waals surface area (Å²) < 4.78 is 6.13. The van der Waals surface area contributed by atoms with Gasteiger partial charge in [0.05, 0.1) is 29.0 Å². The average molecular weight is 460 g/mol. The van der Waals surface area contributed by atoms with Crippen molar-refractivity contribution in [3.8, 4) is 5.75 Å². The Morgan fingerprint density at radius 3 is 2.71 bits per heavy atom. The molecule has 0 aliphatic heterocycles. The van der Waals surface area contributed by atoms with Gasteiger partial charge in [0.1, 0.15) is 5.75 Å². The first-order valence-electron chi connectivity index (χ1n) is 9.38. The number of carboxylic acid groups (broad SMARTS) is 1. The lowest BCUT2D eigenvalue weighted by atomic mass is 10.2. The van der Waals surface area contributed by atoms with Gasteiger partial charge in [0.15, 0.2) is 5.13 Å². The zero-order chi connectivity index (χ0) is 22.4. The second kappa shape index (κ2) is 10.3. The van der Waals surface area contributed by atoms with Gasteiger partial charge in [-0.1, -0.05) is 17.4 Å². The summed E-state index contributed by atoms with van der Waals surface area (Å²) in [4.78, 5) is 40.2. The van der Waals surface area contributed by atoms with E-state index in [-0.39, 0.29) is 24.7 Å². The maximum atomic E-state index is 12.6. The minimum absolute atomic E-state index is 0.0977. The van der Waals surface area contributed by atoms with Gasteiger partial charge >= 0.3 is 5.97 Å². The van der Waals surface area contributed by atoms with Gasteiger partial charge in [0.2, 0.25) is 11.8 Å². The normalized spacial score (nSPS) is 11.7. The third-order valence-corrected chi connectivity index (χ3v) is 6.22. The van der Waals surface area contributed by atoms with Gasteiger partial charge in [-0.3, -0.25) is 14.4 Å². The molecule has 3 rings (SSSR count). The summed E-state index contributed by atoms with van der Waals surface area (Å²) in [6.07, 6.45) is -0.324. The lowest BCUT2D eigenvalue weighted by molar-refractivity contribution is -0.138. The number of anilines is 2. The molecule has 1 unspecified atom stereocenters. The Labute approximate surface area is 187 Å². The van der Waals surface area contributed by atoms with Gasteiger partial charge in [-0.2, -0.15) is 0 Å². The second-order valence-corrected chi connectivity index (χ2v) is 9.02. The molecule has 31 heavy (non-hydrogen) atoms. The lowest BCUT2D eigenvalue weighted by Crippen LogP contribution is -2.22. The molecule has 0 bridgehead atoms. The van der Waals surface area contributed by atoms with E-state index in [0.717, 1.165) is 20.9 Å². The van der Waals surface area contributed by atoms with Crippen LogP contribution in [0.1, 0.15) is 19.8 Å². The number of hydrogen-bond donors (Lipinski definition) is 3. The first-order chi connectivity index (χ1) is 14.8. The Hall–Kier alpha value is -3.11. The molecule has 0 saturated carbocycles. The molecule has 0 fully saturated rings. The number of fused-ring (bicyclic) bond motifs is 1. The number of carbonyl (C=O) groups is 3. The molecule has 0 aliphatic carbocycles. The second-order valence-electron chi connectivity index (χ2n) is 6.57. The van der Waals surface area contributed by atoms with Gasteiger partial charge in [0.25, 0.3) is 0 Å². The number of hydrogen-bond acceptors (Lipinski definition) is 7. The molecule has 0 radical (unpaired) electrons. The first-order valence-corrected chi connectivity index (χ1v) is 11.1. The molecule has 2 amide bonds. The number of thiazole rings is 1. The Bertz CT molecular complexity index is 1120. The van der Waals surface area contributed by atoms with E-state index in [4.69, 9.17) is 9.84 Å². The summed E-state index contributed by atoms with van der Waals surface area (Å²) in [7, 11) is 1.60. The first kappa shape index (κ1) is 22.6. The van der Waals surface area contributed by atoms with Crippen LogP contribution >= 0.6 is 23.1 Å². The van der Waals surface area contributed by atoms with Crippen LogP contribution in [0.5, 0.6) is 5.75 Å². The molecule has 10 heteroatoms. The van der Waals surface area contributed by atoms with Crippen LogP contribution in [0.15, 0.2) is 47.4 Å². The highest BCUT2D eigenvalue weighted by Crippen LogP contribution is 2.31. The third-order valence-electron chi connectivity index (χ3n) is 4.19. The Morgan fingerprint density at radius 1 is 1.16 bits per heavy atom. The zero-order valence-corrected chi connectivity index (χ0v) is 18.5. The van der Waals surface area contributed by atoms with Crippen molar-refractivity contribution in [1.82, 2.24) is 4.98 Å². The largest absolute Gasteiger partial charge is 0.497 e. The molecular weight excluding hydrogens is 438 g/mol. The molecule has 1 aromatic heterocycles. The third kappa shape index (κ3) is 6.43. The van der Waals surface area contributed by atoms with Gasteiger partial charge < -0.3 is 20.5 Å². The molecule has 8 nitrogen and oxygen atoms in total. The number of rotatable bonds is 9. The fourth-order valence-corrected chi connectivity index (χ4v) is 4.46. The van der Waals surface area contributed by atoms with Crippen LogP contribution in [-0.2, 0) is 14.4 Å². The summed E-state index contributed by atoms with van der Waals surface area (Å²) >= 11 is 2.72. The average Bonchev–Trinajstić information content (AvgIpc) is 3.13. The van der Waals surface area contributed by atoms with Crippen molar-refractivity contribution in [2.75, 3.05) is 17.7 Å². The van der Waals surface area contributed by atoms with Crippen LogP contribution in [0.2, 0.25) is 0 Å². The molecule has 1 atom stereocenters. The van der Waals surface area contributed by atoms with Crippen LogP contribution in [0.4, 0.5) is 10.8 Å². The van der Waals surface area contributed by atoms with Crippen molar-refractivity contribution in [2.45, 2.75) is 29.9 Å². The van der Waals surface area contributed by atoms with E-state index in [2.05, 4.69) is 15.6 Å². The number of ether oxygens (including phenoxy) is 1. The van der Waals surface area contributed by atoms with Crippen molar-refractivity contribution in [3.05, 3.63) is 42.5 Å². The molecule has 1 heterocycles. The van der Waals surface area contributed by atoms with Crippen LogP contribution in [-0.4, -0.2) is 40.2 Å². The molecule has 162 valence electrons. The minimum Gasteiger partial charge on any atom is -0.497 e. The van der Waals surface area contributed by atoms with Crippen molar-refractivity contribution in [2.24, 2.45) is 0 Å². The predicted octanol–water partition coefficient (Wildman–Crippen LogP) is 4.23. The molecule has 2 aromatic carbocycles. The molecule has 3 N–H and O–H groups in total. The topological polar surface area (TPSA) is 118 Å². The molecule has 0 saturated heterocycles. The van der Waals surface area contributed by atoms with E-state index in [1.165, 1.54) is 23.1 Å². The number of aliphatic carboxylic acids is 1. The van der Waals surface area contributed by atoms with Crippen LogP contribution < -0.4 is 15.4 Å². The van der Waals surface area contributed by atoms with E-state index in [0.29, 0.717) is 10.8 Å². The Kier molecular flexibility index (Phi) is 7.48. The lowest BCUT2D eigenvalue weighted by Gasteiger charge is -2.12. The monoisotopic (exact) mass is 459 g/mol. The van der Waals surface area contributed by atoms with Crippen molar-refractivity contribution in [3.63, 3.8) is 0 Å². The van der Waals surface area contributed by atoms with E-state index in [1.807, 2.05) is 24.3 Å². The number of nitrogens with one attached hydrogen (secondary N) is 2. The van der Waals surface area contributed by atoms with Crippen molar-refractivity contribution < 1.29 is 24.2 Å². The summed E-state index contributed by atoms with van der Waals surface area (Å²) in [5.41, 5.74) is 1.33. The standard InChI is InChI=1S/C21H21N3O5S2/c1-12(20(28)24-21-23-16-7-6-14(29-2)11-17(16)31-21)30-15-5-3-4-13(10-15)22-18(25)8-9-19(26)27/h3-7,10-12H,8-9H2,1-2H3,(H,22,25)(H,26,27)(H,23,24,28).